The molecular weight excluding hydrogens is 348 g/mol. The van der Waals surface area contributed by atoms with E-state index in [1.807, 2.05) is 42.6 Å². The second-order valence-corrected chi connectivity index (χ2v) is 6.58. The third kappa shape index (κ3) is 4.77. The first-order valence-corrected chi connectivity index (χ1v) is 9.00. The van der Waals surface area contributed by atoms with E-state index in [1.165, 1.54) is 16.9 Å². The maximum absolute atomic E-state index is 11.9. The maximum Gasteiger partial charge on any atom is 0.325 e. The number of thiazole rings is 1. The van der Waals surface area contributed by atoms with Gasteiger partial charge < -0.3 is 10.1 Å². The molecule has 1 aromatic heterocycles. The fourth-order valence-corrected chi connectivity index (χ4v) is 3.06. The quantitative estimate of drug-likeness (QED) is 0.677. The van der Waals surface area contributed by atoms with E-state index in [0.717, 1.165) is 10.6 Å². The van der Waals surface area contributed by atoms with Crippen molar-refractivity contribution in [3.8, 4) is 10.6 Å². The monoisotopic (exact) mass is 366 g/mol. The lowest BCUT2D eigenvalue weighted by atomic mass is 10.2. The van der Waals surface area contributed by atoms with Crippen molar-refractivity contribution < 1.29 is 14.3 Å². The van der Waals surface area contributed by atoms with E-state index in [4.69, 9.17) is 4.74 Å². The first kappa shape index (κ1) is 17.8. The standard InChI is InChI=1S/C20H18N2O3S/c1-14-7-9-16(10-8-14)20-22-17(13-26-20)12-25-18(23)11-21-19(24)15-5-3-2-4-6-15/h2-10,13H,11-12H2,1H3,(H,21,24). The number of nitrogens with zero attached hydrogens (tertiary/aromatic N) is 1. The van der Waals surface area contributed by atoms with Crippen LogP contribution in [0.1, 0.15) is 21.6 Å². The molecule has 3 aromatic rings. The smallest absolute Gasteiger partial charge is 0.325 e. The molecule has 26 heavy (non-hydrogen) atoms. The summed E-state index contributed by atoms with van der Waals surface area (Å²) < 4.78 is 5.17. The Balaban J connectivity index is 1.47. The highest BCUT2D eigenvalue weighted by Crippen LogP contribution is 2.24. The predicted molar refractivity (Wildman–Crippen MR) is 101 cm³/mol. The Bertz CT molecular complexity index is 889. The zero-order valence-corrected chi connectivity index (χ0v) is 15.1. The number of nitrogens with one attached hydrogen (secondary N) is 1. The van der Waals surface area contributed by atoms with E-state index in [2.05, 4.69) is 10.3 Å². The second kappa shape index (κ2) is 8.40. The van der Waals surface area contributed by atoms with Gasteiger partial charge in [-0.3, -0.25) is 9.59 Å². The van der Waals surface area contributed by atoms with Gasteiger partial charge in [-0.1, -0.05) is 48.0 Å². The molecule has 0 aliphatic heterocycles. The van der Waals surface area contributed by atoms with Crippen LogP contribution in [0.2, 0.25) is 0 Å². The van der Waals surface area contributed by atoms with Crippen LogP contribution in [0.4, 0.5) is 0 Å². The summed E-state index contributed by atoms with van der Waals surface area (Å²) in [6.45, 7) is 1.94. The van der Waals surface area contributed by atoms with Crippen molar-refractivity contribution in [1.29, 1.82) is 0 Å². The van der Waals surface area contributed by atoms with Crippen LogP contribution in [0.3, 0.4) is 0 Å². The molecule has 0 saturated carbocycles. The number of carbonyl (C=O) groups is 2. The van der Waals surface area contributed by atoms with Crippen LogP contribution in [0.5, 0.6) is 0 Å². The molecular formula is C20H18N2O3S. The molecule has 132 valence electrons. The Morgan fingerprint density at radius 2 is 1.81 bits per heavy atom. The van der Waals surface area contributed by atoms with Gasteiger partial charge >= 0.3 is 5.97 Å². The van der Waals surface area contributed by atoms with Crippen molar-refractivity contribution in [3.05, 3.63) is 76.8 Å². The molecule has 1 amide bonds. The minimum absolute atomic E-state index is 0.0857. The van der Waals surface area contributed by atoms with Gasteiger partial charge in [-0.25, -0.2) is 4.98 Å². The third-order valence-electron chi connectivity index (χ3n) is 3.66. The topological polar surface area (TPSA) is 68.3 Å². The van der Waals surface area contributed by atoms with Crippen molar-refractivity contribution in [2.45, 2.75) is 13.5 Å². The molecule has 0 atom stereocenters. The number of hydrogen-bond acceptors (Lipinski definition) is 5. The summed E-state index contributed by atoms with van der Waals surface area (Å²) in [5, 5.41) is 5.29. The molecule has 1 N–H and O–H groups in total. The average molecular weight is 366 g/mol. The summed E-state index contributed by atoms with van der Waals surface area (Å²) in [7, 11) is 0. The minimum Gasteiger partial charge on any atom is -0.458 e. The highest BCUT2D eigenvalue weighted by molar-refractivity contribution is 7.13. The zero-order chi connectivity index (χ0) is 18.4. The predicted octanol–water partition coefficient (Wildman–Crippen LogP) is 3.59. The van der Waals surface area contributed by atoms with Gasteiger partial charge in [0.05, 0.1) is 5.69 Å². The number of aryl methyl sites for hydroxylation is 1. The first-order chi connectivity index (χ1) is 12.6. The molecule has 0 aliphatic carbocycles. The molecule has 0 unspecified atom stereocenters. The lowest BCUT2D eigenvalue weighted by molar-refractivity contribution is -0.143. The molecule has 0 bridgehead atoms. The van der Waals surface area contributed by atoms with Crippen LogP contribution in [0.25, 0.3) is 10.6 Å². The van der Waals surface area contributed by atoms with Gasteiger partial charge in [-0.05, 0) is 19.1 Å². The van der Waals surface area contributed by atoms with Crippen molar-refractivity contribution >= 4 is 23.2 Å². The number of benzene rings is 2. The number of amides is 1. The van der Waals surface area contributed by atoms with Crippen LogP contribution in [0.15, 0.2) is 60.0 Å². The largest absolute Gasteiger partial charge is 0.458 e. The van der Waals surface area contributed by atoms with Crippen LogP contribution in [-0.4, -0.2) is 23.4 Å². The van der Waals surface area contributed by atoms with E-state index in [-0.39, 0.29) is 19.1 Å². The van der Waals surface area contributed by atoms with E-state index in [0.29, 0.717) is 11.3 Å². The molecule has 0 spiro atoms. The fraction of sp³-hybridized carbons (Fsp3) is 0.150. The van der Waals surface area contributed by atoms with E-state index >= 15 is 0 Å². The van der Waals surface area contributed by atoms with Gasteiger partial charge in [0.2, 0.25) is 0 Å². The minimum atomic E-state index is -0.501. The number of rotatable bonds is 6. The van der Waals surface area contributed by atoms with Gasteiger partial charge in [0.25, 0.3) is 5.91 Å². The van der Waals surface area contributed by atoms with Gasteiger partial charge in [0, 0.05) is 16.5 Å². The number of esters is 1. The van der Waals surface area contributed by atoms with Gasteiger partial charge in [-0.15, -0.1) is 11.3 Å². The summed E-state index contributed by atoms with van der Waals surface area (Å²) in [6.07, 6.45) is 0. The van der Waals surface area contributed by atoms with Gasteiger partial charge in [0.15, 0.2) is 0 Å². The van der Waals surface area contributed by atoms with E-state index < -0.39 is 5.97 Å². The van der Waals surface area contributed by atoms with Crippen molar-refractivity contribution in [2.75, 3.05) is 6.54 Å². The van der Waals surface area contributed by atoms with Crippen molar-refractivity contribution in [3.63, 3.8) is 0 Å². The zero-order valence-electron chi connectivity index (χ0n) is 14.3. The van der Waals surface area contributed by atoms with Gasteiger partial charge in [0.1, 0.15) is 18.2 Å². The normalized spacial score (nSPS) is 10.3. The van der Waals surface area contributed by atoms with Crippen LogP contribution in [0, 0.1) is 6.92 Å². The Morgan fingerprint density at radius 3 is 2.54 bits per heavy atom. The molecule has 3 rings (SSSR count). The summed E-state index contributed by atoms with van der Waals surface area (Å²) in [6, 6.07) is 16.8. The fourth-order valence-electron chi connectivity index (χ4n) is 2.25. The molecule has 2 aromatic carbocycles. The van der Waals surface area contributed by atoms with Crippen LogP contribution in [-0.2, 0) is 16.1 Å². The number of hydrogen-bond donors (Lipinski definition) is 1. The molecule has 0 radical (unpaired) electrons. The Hall–Kier alpha value is -2.99. The van der Waals surface area contributed by atoms with E-state index in [9.17, 15) is 9.59 Å². The Labute approximate surface area is 155 Å². The first-order valence-electron chi connectivity index (χ1n) is 8.12. The van der Waals surface area contributed by atoms with Crippen LogP contribution < -0.4 is 5.32 Å². The molecule has 1 heterocycles. The Morgan fingerprint density at radius 1 is 1.08 bits per heavy atom. The molecule has 0 aliphatic rings. The summed E-state index contributed by atoms with van der Waals surface area (Å²) in [4.78, 5) is 28.2. The number of aromatic nitrogens is 1. The summed E-state index contributed by atoms with van der Waals surface area (Å²) in [5.74, 6) is -0.808. The Kier molecular flexibility index (Phi) is 5.76. The second-order valence-electron chi connectivity index (χ2n) is 5.72. The highest BCUT2D eigenvalue weighted by Gasteiger charge is 2.10. The SMILES string of the molecule is Cc1ccc(-c2nc(COC(=O)CNC(=O)c3ccccc3)cs2)cc1. The van der Waals surface area contributed by atoms with Crippen molar-refractivity contribution in [1.82, 2.24) is 10.3 Å². The summed E-state index contributed by atoms with van der Waals surface area (Å²) in [5.41, 5.74) is 3.42. The van der Waals surface area contributed by atoms with Gasteiger partial charge in [-0.2, -0.15) is 0 Å². The van der Waals surface area contributed by atoms with Crippen LogP contribution >= 0.6 is 11.3 Å². The number of ether oxygens (including phenoxy) is 1. The molecule has 5 nitrogen and oxygen atoms in total. The maximum atomic E-state index is 11.9. The molecule has 0 fully saturated rings. The molecule has 0 saturated heterocycles. The average Bonchev–Trinajstić information content (AvgIpc) is 3.14. The third-order valence-corrected chi connectivity index (χ3v) is 4.60. The van der Waals surface area contributed by atoms with Crippen molar-refractivity contribution in [2.24, 2.45) is 0 Å². The van der Waals surface area contributed by atoms with E-state index in [1.54, 1.807) is 24.3 Å². The molecule has 6 heteroatoms. The highest BCUT2D eigenvalue weighted by atomic mass is 32.1. The number of carbonyl (C=O) groups excluding carboxylic acids is 2. The lowest BCUT2D eigenvalue weighted by Crippen LogP contribution is -2.30. The lowest BCUT2D eigenvalue weighted by Gasteiger charge is -2.05. The summed E-state index contributed by atoms with van der Waals surface area (Å²) >= 11 is 1.50.